The highest BCUT2D eigenvalue weighted by molar-refractivity contribution is 5.89. The van der Waals surface area contributed by atoms with Crippen molar-refractivity contribution in [3.05, 3.63) is 41.5 Å². The van der Waals surface area contributed by atoms with Gasteiger partial charge in [0.15, 0.2) is 0 Å². The number of fused-ring (bicyclic) bond motifs is 1. The summed E-state index contributed by atoms with van der Waals surface area (Å²) in [4.78, 5) is 0. The van der Waals surface area contributed by atoms with E-state index in [1.54, 1.807) is 12.1 Å². The fourth-order valence-corrected chi connectivity index (χ4v) is 9.48. The molecule has 7 rings (SSSR count). The Morgan fingerprint density at radius 3 is 2.10 bits per heavy atom. The summed E-state index contributed by atoms with van der Waals surface area (Å²) in [6.45, 7) is 5.45. The predicted molar refractivity (Wildman–Crippen MR) is 138 cm³/mol. The first-order valence-electron chi connectivity index (χ1n) is 14.3. The lowest BCUT2D eigenvalue weighted by Crippen LogP contribution is -2.63. The maximum atomic E-state index is 14.3. The molecule has 0 aliphatic heterocycles. The molecule has 5 aliphatic carbocycles. The van der Waals surface area contributed by atoms with E-state index in [1.165, 1.54) is 37.8 Å². The molecule has 5 fully saturated rings. The molecule has 1 N–H and O–H groups in total. The first-order valence-corrected chi connectivity index (χ1v) is 14.3. The van der Waals surface area contributed by atoms with Crippen LogP contribution in [0.25, 0.3) is 10.8 Å². The fourth-order valence-electron chi connectivity index (χ4n) is 9.48. The molecule has 0 amide bonds. The molecule has 214 valence electrons. The van der Waals surface area contributed by atoms with Gasteiger partial charge in [0, 0.05) is 12.1 Å². The highest BCUT2D eigenvalue weighted by Crippen LogP contribution is 2.66. The summed E-state index contributed by atoms with van der Waals surface area (Å²) in [6.07, 6.45) is -2.28. The molecule has 8 heteroatoms. The van der Waals surface area contributed by atoms with E-state index in [0.29, 0.717) is 22.8 Å². The molecule has 2 aromatic rings. The molecule has 0 heterocycles. The smallest absolute Gasteiger partial charge is 0.420 e. The van der Waals surface area contributed by atoms with Crippen LogP contribution in [0.3, 0.4) is 0 Å². The first-order chi connectivity index (χ1) is 18.1. The second-order valence-electron chi connectivity index (χ2n) is 13.9. The second-order valence-corrected chi connectivity index (χ2v) is 13.9. The zero-order valence-corrected chi connectivity index (χ0v) is 22.6. The number of halogens is 6. The molecule has 2 aromatic carbocycles. The van der Waals surface area contributed by atoms with Crippen molar-refractivity contribution in [3.63, 3.8) is 0 Å². The van der Waals surface area contributed by atoms with E-state index in [9.17, 15) is 26.3 Å². The van der Waals surface area contributed by atoms with Crippen LogP contribution in [0.1, 0.15) is 89.2 Å². The van der Waals surface area contributed by atoms with E-state index in [2.05, 4.69) is 19.2 Å². The lowest BCUT2D eigenvalue weighted by Gasteiger charge is -2.65. The molecule has 0 radical (unpaired) electrons. The molecule has 2 atom stereocenters. The Balaban J connectivity index is 1.20. The Labute approximate surface area is 225 Å². The van der Waals surface area contributed by atoms with Crippen molar-refractivity contribution < 1.29 is 31.1 Å². The summed E-state index contributed by atoms with van der Waals surface area (Å²) in [5.74, 6) is -0.963. The van der Waals surface area contributed by atoms with Crippen molar-refractivity contribution in [1.82, 2.24) is 5.32 Å². The minimum absolute atomic E-state index is 0.0579. The molecule has 0 spiro atoms. The summed E-state index contributed by atoms with van der Waals surface area (Å²) >= 11 is 0. The quantitative estimate of drug-likeness (QED) is 0.373. The normalized spacial score (nSPS) is 36.5. The van der Waals surface area contributed by atoms with Gasteiger partial charge in [-0.05, 0) is 109 Å². The molecule has 2 nitrogen and oxygen atoms in total. The topological polar surface area (TPSA) is 21.3 Å². The Kier molecular flexibility index (Phi) is 6.30. The van der Waals surface area contributed by atoms with Gasteiger partial charge in [0.25, 0.3) is 0 Å². The molecule has 5 aliphatic rings. The molecule has 2 unspecified atom stereocenters. The number of hydrogen-bond acceptors (Lipinski definition) is 2. The number of ether oxygens (including phenoxy) is 1. The van der Waals surface area contributed by atoms with E-state index in [1.807, 2.05) is 6.07 Å². The molecule has 4 bridgehead atoms. The molecule has 0 saturated heterocycles. The van der Waals surface area contributed by atoms with Crippen molar-refractivity contribution in [2.45, 2.75) is 109 Å². The van der Waals surface area contributed by atoms with Gasteiger partial charge < -0.3 is 10.1 Å². The van der Waals surface area contributed by atoms with Crippen molar-refractivity contribution in [2.24, 2.45) is 22.7 Å². The molecule has 39 heavy (non-hydrogen) atoms. The maximum Gasteiger partial charge on any atom is 0.420 e. The van der Waals surface area contributed by atoms with E-state index >= 15 is 0 Å². The van der Waals surface area contributed by atoms with Crippen LogP contribution in [-0.4, -0.2) is 17.8 Å². The molecule has 5 saturated carbocycles. The van der Waals surface area contributed by atoms with Gasteiger partial charge >= 0.3 is 12.4 Å². The number of nitrogens with one attached hydrogen (secondary N) is 1. The van der Waals surface area contributed by atoms with Gasteiger partial charge in [0.1, 0.15) is 11.3 Å². The van der Waals surface area contributed by atoms with Gasteiger partial charge in [0.05, 0.1) is 12.0 Å². The van der Waals surface area contributed by atoms with Gasteiger partial charge in [-0.15, -0.1) is 0 Å². The minimum atomic E-state index is -4.65. The summed E-state index contributed by atoms with van der Waals surface area (Å²) in [6, 6.07) is 8.06. The monoisotopic (exact) mass is 553 g/mol. The van der Waals surface area contributed by atoms with Crippen molar-refractivity contribution >= 4 is 10.8 Å². The maximum absolute atomic E-state index is 14.3. The summed E-state index contributed by atoms with van der Waals surface area (Å²) < 4.78 is 87.5. The third-order valence-electron chi connectivity index (χ3n) is 10.1. The average molecular weight is 554 g/mol. The van der Waals surface area contributed by atoms with Crippen LogP contribution < -0.4 is 10.1 Å². The van der Waals surface area contributed by atoms with Crippen LogP contribution >= 0.6 is 0 Å². The van der Waals surface area contributed by atoms with Crippen molar-refractivity contribution in [1.29, 1.82) is 0 Å². The van der Waals surface area contributed by atoms with Crippen LogP contribution in [-0.2, 0) is 12.7 Å². The molecular formula is C31H37F6NO. The lowest BCUT2D eigenvalue weighted by molar-refractivity contribution is -0.185. The van der Waals surface area contributed by atoms with Gasteiger partial charge in [-0.25, -0.2) is 0 Å². The highest BCUT2D eigenvalue weighted by atomic mass is 19.4. The largest absolute Gasteiger partial charge is 0.490 e. The standard InChI is InChI=1S/C31H37F6NO/c1-27-12-20-13-28(2,16-27)18-29(14-20,17-27)38-15-19-3-9-24-21(11-19)4-10-25(26(24)31(35,36)37)39-23-7-5-22(6-8-23)30(32,33)34/h3-4,9-11,20,22-23,38H,5-8,12-18H2,1-2H3/t20?,22-,23+,27?,28?,29?. The Hall–Kier alpha value is -1.96. The second kappa shape index (κ2) is 9.02. The van der Waals surface area contributed by atoms with E-state index in [-0.39, 0.29) is 42.4 Å². The Morgan fingerprint density at radius 2 is 1.51 bits per heavy atom. The van der Waals surface area contributed by atoms with Crippen LogP contribution in [0, 0.1) is 22.7 Å². The Morgan fingerprint density at radius 1 is 0.846 bits per heavy atom. The molecular weight excluding hydrogens is 516 g/mol. The summed E-state index contributed by atoms with van der Waals surface area (Å²) in [5, 5.41) is 4.40. The average Bonchev–Trinajstić information content (AvgIpc) is 2.79. The minimum Gasteiger partial charge on any atom is -0.490 e. The van der Waals surface area contributed by atoms with Gasteiger partial charge in [-0.3, -0.25) is 0 Å². The number of rotatable bonds is 5. The van der Waals surface area contributed by atoms with E-state index < -0.39 is 29.9 Å². The van der Waals surface area contributed by atoms with Crippen LogP contribution in [0.4, 0.5) is 26.3 Å². The van der Waals surface area contributed by atoms with Gasteiger partial charge in [-0.2, -0.15) is 26.3 Å². The van der Waals surface area contributed by atoms with Gasteiger partial charge in [0.2, 0.25) is 0 Å². The van der Waals surface area contributed by atoms with Crippen molar-refractivity contribution in [3.8, 4) is 5.75 Å². The number of benzene rings is 2. The zero-order valence-electron chi connectivity index (χ0n) is 22.6. The highest BCUT2D eigenvalue weighted by Gasteiger charge is 2.59. The summed E-state index contributed by atoms with van der Waals surface area (Å²) in [5.41, 5.74) is 0.932. The van der Waals surface area contributed by atoms with Crippen LogP contribution in [0.15, 0.2) is 30.3 Å². The number of alkyl halides is 6. The SMILES string of the molecule is CC12CC3CC(C)(C1)CC(NCc1ccc4c(C(F)(F)F)c(O[C@H]5CC[C@@H](C(F)(F)F)CC5)ccc4c1)(C3)C2. The van der Waals surface area contributed by atoms with E-state index in [4.69, 9.17) is 4.74 Å². The number of hydrogen-bond donors (Lipinski definition) is 1. The lowest BCUT2D eigenvalue weighted by atomic mass is 9.43. The van der Waals surface area contributed by atoms with E-state index in [0.717, 1.165) is 24.3 Å². The Bertz CT molecular complexity index is 1230. The third-order valence-corrected chi connectivity index (χ3v) is 10.1. The third kappa shape index (κ3) is 5.27. The predicted octanol–water partition coefficient (Wildman–Crippen LogP) is 9.20. The molecule has 0 aromatic heterocycles. The van der Waals surface area contributed by atoms with Crippen LogP contribution in [0.2, 0.25) is 0 Å². The first kappa shape index (κ1) is 27.2. The van der Waals surface area contributed by atoms with Crippen LogP contribution in [0.5, 0.6) is 5.75 Å². The fraction of sp³-hybridized carbons (Fsp3) is 0.677. The zero-order chi connectivity index (χ0) is 27.8. The summed E-state index contributed by atoms with van der Waals surface area (Å²) in [7, 11) is 0. The van der Waals surface area contributed by atoms with Gasteiger partial charge in [-0.1, -0.05) is 32.0 Å². The van der Waals surface area contributed by atoms with Crippen molar-refractivity contribution in [2.75, 3.05) is 0 Å².